The maximum Gasteiger partial charge on any atom is 0.330 e. The van der Waals surface area contributed by atoms with Crippen molar-refractivity contribution in [3.63, 3.8) is 0 Å². The van der Waals surface area contributed by atoms with Crippen molar-refractivity contribution in [2.24, 2.45) is 5.92 Å². The lowest BCUT2D eigenvalue weighted by molar-refractivity contribution is -0.432. The highest BCUT2D eigenvalue weighted by Gasteiger charge is 2.28. The number of benzene rings is 1. The van der Waals surface area contributed by atoms with Gasteiger partial charge in [0.05, 0.1) is 26.4 Å². The molecule has 1 aromatic rings. The Morgan fingerprint density at radius 2 is 1.84 bits per heavy atom. The van der Waals surface area contributed by atoms with Gasteiger partial charge in [0, 0.05) is 25.8 Å². The standard InChI is InChI=1S/C19H30N2O4/c1-14(2)16(20)10-11-18(22)21(3)17(19(23)24-4)13-25-12-15-8-6-5-7-9-15/h5-9,14,16-17H,10-13,20H2,1-4H3/p+1/t16-,17-/m0/s1. The molecule has 0 saturated carbocycles. The van der Waals surface area contributed by atoms with E-state index < -0.39 is 12.0 Å². The number of hydrogen-bond donors (Lipinski definition) is 1. The highest BCUT2D eigenvalue weighted by Crippen LogP contribution is 2.10. The number of esters is 1. The number of methoxy groups -OCH3 is 1. The van der Waals surface area contributed by atoms with Gasteiger partial charge in [0.1, 0.15) is 0 Å². The first-order valence-electron chi connectivity index (χ1n) is 8.65. The number of amides is 1. The van der Waals surface area contributed by atoms with Gasteiger partial charge >= 0.3 is 5.97 Å². The van der Waals surface area contributed by atoms with Crippen molar-refractivity contribution in [2.75, 3.05) is 20.8 Å². The highest BCUT2D eigenvalue weighted by molar-refractivity contribution is 5.84. The van der Waals surface area contributed by atoms with Crippen molar-refractivity contribution < 1.29 is 24.8 Å². The summed E-state index contributed by atoms with van der Waals surface area (Å²) in [6, 6.07) is 9.14. The number of carbonyl (C=O) groups is 2. The molecule has 25 heavy (non-hydrogen) atoms. The van der Waals surface area contributed by atoms with Crippen molar-refractivity contribution in [3.05, 3.63) is 35.9 Å². The molecule has 2 atom stereocenters. The first-order chi connectivity index (χ1) is 11.9. The average molecular weight is 351 g/mol. The number of carbonyl (C=O) groups excluding carboxylic acids is 2. The van der Waals surface area contributed by atoms with Gasteiger partial charge in [-0.25, -0.2) is 4.79 Å². The molecule has 0 bridgehead atoms. The molecule has 0 aliphatic heterocycles. The SMILES string of the molecule is COC(=O)[C@H](COCc1ccccc1)N(C)C(=O)CC[C@H]([NH3+])C(C)C. The van der Waals surface area contributed by atoms with Crippen LogP contribution in [0.25, 0.3) is 0 Å². The molecule has 0 unspecified atom stereocenters. The molecular weight excluding hydrogens is 320 g/mol. The second-order valence-electron chi connectivity index (χ2n) is 6.59. The molecule has 0 heterocycles. The molecule has 140 valence electrons. The highest BCUT2D eigenvalue weighted by atomic mass is 16.5. The molecule has 6 heteroatoms. The molecule has 1 amide bonds. The quantitative estimate of drug-likeness (QED) is 0.643. The third-order valence-electron chi connectivity index (χ3n) is 4.39. The third-order valence-corrected chi connectivity index (χ3v) is 4.39. The fraction of sp³-hybridized carbons (Fsp3) is 0.579. The van der Waals surface area contributed by atoms with E-state index in [0.29, 0.717) is 25.4 Å². The van der Waals surface area contributed by atoms with Crippen LogP contribution < -0.4 is 5.73 Å². The number of rotatable bonds is 10. The van der Waals surface area contributed by atoms with E-state index in [1.807, 2.05) is 30.3 Å². The summed E-state index contributed by atoms with van der Waals surface area (Å²) in [6.07, 6.45) is 1.05. The minimum absolute atomic E-state index is 0.0990. The largest absolute Gasteiger partial charge is 0.467 e. The first kappa shape index (κ1) is 21.1. The molecule has 0 aromatic heterocycles. The van der Waals surface area contributed by atoms with Crippen LogP contribution in [0.15, 0.2) is 30.3 Å². The van der Waals surface area contributed by atoms with Crippen LogP contribution in [0.3, 0.4) is 0 Å². The van der Waals surface area contributed by atoms with Gasteiger partial charge in [0.25, 0.3) is 0 Å². The monoisotopic (exact) mass is 351 g/mol. The van der Waals surface area contributed by atoms with E-state index in [1.54, 1.807) is 7.05 Å². The molecule has 0 radical (unpaired) electrons. The summed E-state index contributed by atoms with van der Waals surface area (Å²) in [6.45, 7) is 4.65. The molecule has 0 saturated heterocycles. The number of ether oxygens (including phenoxy) is 2. The lowest BCUT2D eigenvalue weighted by Crippen LogP contribution is -2.63. The van der Waals surface area contributed by atoms with Crippen LogP contribution in [0.2, 0.25) is 0 Å². The summed E-state index contributed by atoms with van der Waals surface area (Å²) in [5.41, 5.74) is 5.07. The predicted molar refractivity (Wildman–Crippen MR) is 95.4 cm³/mol. The molecule has 0 aliphatic carbocycles. The Balaban J connectivity index is 2.57. The van der Waals surface area contributed by atoms with Crippen LogP contribution in [0, 0.1) is 5.92 Å². The van der Waals surface area contributed by atoms with Crippen molar-refractivity contribution in [2.45, 2.75) is 45.4 Å². The van der Waals surface area contributed by atoms with E-state index in [9.17, 15) is 9.59 Å². The molecule has 1 aromatic carbocycles. The molecule has 0 aliphatic rings. The minimum atomic E-state index is -0.747. The van der Waals surface area contributed by atoms with Crippen molar-refractivity contribution in [3.8, 4) is 0 Å². The predicted octanol–water partition coefficient (Wildman–Crippen LogP) is 1.25. The maximum atomic E-state index is 12.4. The van der Waals surface area contributed by atoms with Crippen LogP contribution in [-0.2, 0) is 25.7 Å². The van der Waals surface area contributed by atoms with Crippen molar-refractivity contribution in [1.82, 2.24) is 4.90 Å². The fourth-order valence-electron chi connectivity index (χ4n) is 2.33. The smallest absolute Gasteiger partial charge is 0.330 e. The van der Waals surface area contributed by atoms with E-state index in [-0.39, 0.29) is 18.6 Å². The van der Waals surface area contributed by atoms with Crippen LogP contribution in [0.1, 0.15) is 32.3 Å². The van der Waals surface area contributed by atoms with Gasteiger partial charge in [-0.05, 0) is 5.56 Å². The van der Waals surface area contributed by atoms with E-state index >= 15 is 0 Å². The second kappa shape index (κ2) is 10.8. The summed E-state index contributed by atoms with van der Waals surface area (Å²) in [4.78, 5) is 25.9. The Bertz CT molecular complexity index is 533. The van der Waals surface area contributed by atoms with E-state index in [1.165, 1.54) is 12.0 Å². The first-order valence-corrected chi connectivity index (χ1v) is 8.65. The Morgan fingerprint density at radius 1 is 1.20 bits per heavy atom. The fourth-order valence-corrected chi connectivity index (χ4v) is 2.33. The molecule has 0 spiro atoms. The van der Waals surface area contributed by atoms with Gasteiger partial charge in [-0.3, -0.25) is 4.79 Å². The Kier molecular flexibility index (Phi) is 9.16. The van der Waals surface area contributed by atoms with Crippen molar-refractivity contribution >= 4 is 11.9 Å². The van der Waals surface area contributed by atoms with Gasteiger partial charge in [-0.1, -0.05) is 44.2 Å². The molecule has 3 N–H and O–H groups in total. The van der Waals surface area contributed by atoms with Gasteiger partial charge in [0.15, 0.2) is 6.04 Å². The van der Waals surface area contributed by atoms with Gasteiger partial charge in [-0.15, -0.1) is 0 Å². The number of quaternary nitrogens is 1. The van der Waals surface area contributed by atoms with Crippen LogP contribution >= 0.6 is 0 Å². The van der Waals surface area contributed by atoms with Crippen LogP contribution in [-0.4, -0.2) is 49.6 Å². The molecule has 6 nitrogen and oxygen atoms in total. The van der Waals surface area contributed by atoms with E-state index in [4.69, 9.17) is 9.47 Å². The molecular formula is C19H31N2O4+. The maximum absolute atomic E-state index is 12.4. The Labute approximate surface area is 150 Å². The minimum Gasteiger partial charge on any atom is -0.467 e. The normalized spacial score (nSPS) is 13.4. The number of nitrogens with zero attached hydrogens (tertiary/aromatic N) is 1. The molecule has 0 fully saturated rings. The zero-order valence-electron chi connectivity index (χ0n) is 15.7. The topological polar surface area (TPSA) is 83.5 Å². The number of likely N-dealkylation sites (N-methyl/N-ethyl adjacent to an activating group) is 1. The summed E-state index contributed by atoms with van der Waals surface area (Å²) in [7, 11) is 2.93. The summed E-state index contributed by atoms with van der Waals surface area (Å²) in [5.74, 6) is -0.157. The molecule has 1 rings (SSSR count). The summed E-state index contributed by atoms with van der Waals surface area (Å²) < 4.78 is 10.5. The Morgan fingerprint density at radius 3 is 2.40 bits per heavy atom. The van der Waals surface area contributed by atoms with Crippen molar-refractivity contribution in [1.29, 1.82) is 0 Å². The zero-order chi connectivity index (χ0) is 18.8. The Hall–Kier alpha value is -1.92. The van der Waals surface area contributed by atoms with Crippen LogP contribution in [0.4, 0.5) is 0 Å². The lowest BCUT2D eigenvalue weighted by atomic mass is 10.00. The number of hydrogen-bond acceptors (Lipinski definition) is 4. The summed E-state index contributed by atoms with van der Waals surface area (Å²) in [5, 5.41) is 0. The van der Waals surface area contributed by atoms with Crippen LogP contribution in [0.5, 0.6) is 0 Å². The van der Waals surface area contributed by atoms with Gasteiger partial charge in [-0.2, -0.15) is 0 Å². The van der Waals surface area contributed by atoms with Gasteiger partial charge < -0.3 is 20.1 Å². The lowest BCUT2D eigenvalue weighted by Gasteiger charge is -2.26. The van der Waals surface area contributed by atoms with E-state index in [0.717, 1.165) is 5.56 Å². The average Bonchev–Trinajstić information content (AvgIpc) is 2.62. The zero-order valence-corrected chi connectivity index (χ0v) is 15.7. The second-order valence-corrected chi connectivity index (χ2v) is 6.59. The third kappa shape index (κ3) is 7.23. The van der Waals surface area contributed by atoms with Gasteiger partial charge in [0.2, 0.25) is 5.91 Å². The van der Waals surface area contributed by atoms with E-state index in [2.05, 4.69) is 19.6 Å². The summed E-state index contributed by atoms with van der Waals surface area (Å²) >= 11 is 0.